The van der Waals surface area contributed by atoms with Crippen molar-refractivity contribution in [3.63, 3.8) is 0 Å². The molecular formula is C19H17ClFN3O2S. The molecule has 27 heavy (non-hydrogen) atoms. The molecule has 0 saturated heterocycles. The lowest BCUT2D eigenvalue weighted by Gasteiger charge is -2.30. The summed E-state index contributed by atoms with van der Waals surface area (Å²) < 4.78 is 19.6. The van der Waals surface area contributed by atoms with Crippen molar-refractivity contribution in [2.24, 2.45) is 0 Å². The molecule has 0 unspecified atom stereocenters. The van der Waals surface area contributed by atoms with E-state index < -0.39 is 17.8 Å². The maximum atomic E-state index is 14.4. The minimum atomic E-state index is -0.731. The van der Waals surface area contributed by atoms with Gasteiger partial charge in [0, 0.05) is 16.3 Å². The maximum absolute atomic E-state index is 14.4. The van der Waals surface area contributed by atoms with Crippen LogP contribution >= 0.6 is 23.8 Å². The van der Waals surface area contributed by atoms with Gasteiger partial charge in [0.15, 0.2) is 5.11 Å². The molecule has 1 aliphatic heterocycles. The second-order valence-corrected chi connectivity index (χ2v) is 6.74. The standard InChI is InChI=1S/C19H17ClFN3O2S/c1-10-16(18(25)23-14-9-11(20)7-8-15(14)26-2)17(24-19(27)22-10)12-5-3-4-6-13(12)21/h3-9,17H,1-2H3,(H,23,25)(H2,22,24,27)/t17-/m0/s1. The number of amides is 1. The zero-order valence-electron chi connectivity index (χ0n) is 14.6. The number of hydrogen-bond donors (Lipinski definition) is 3. The number of hydrogen-bond acceptors (Lipinski definition) is 3. The molecule has 0 fully saturated rings. The minimum absolute atomic E-state index is 0.315. The zero-order chi connectivity index (χ0) is 19.6. The first kappa shape index (κ1) is 19.1. The highest BCUT2D eigenvalue weighted by Crippen LogP contribution is 2.32. The number of rotatable bonds is 4. The summed E-state index contributed by atoms with van der Waals surface area (Å²) in [5, 5.41) is 9.43. The Hall–Kier alpha value is -2.64. The SMILES string of the molecule is COc1ccc(Cl)cc1NC(=O)C1=C(C)NC(=S)N[C@H]1c1ccccc1F. The van der Waals surface area contributed by atoms with Crippen LogP contribution < -0.4 is 20.7 Å². The van der Waals surface area contributed by atoms with E-state index in [1.165, 1.54) is 13.2 Å². The molecule has 3 rings (SSSR count). The van der Waals surface area contributed by atoms with E-state index in [1.807, 2.05) is 0 Å². The predicted molar refractivity (Wildman–Crippen MR) is 107 cm³/mol. The van der Waals surface area contributed by atoms with Crippen molar-refractivity contribution in [2.75, 3.05) is 12.4 Å². The summed E-state index contributed by atoms with van der Waals surface area (Å²) in [6, 6.07) is 10.4. The Balaban J connectivity index is 2.00. The van der Waals surface area contributed by atoms with Crippen molar-refractivity contribution in [2.45, 2.75) is 13.0 Å². The van der Waals surface area contributed by atoms with Gasteiger partial charge in [-0.1, -0.05) is 29.8 Å². The summed E-state index contributed by atoms with van der Waals surface area (Å²) >= 11 is 11.2. The number of halogens is 2. The van der Waals surface area contributed by atoms with E-state index in [4.69, 9.17) is 28.6 Å². The smallest absolute Gasteiger partial charge is 0.255 e. The average molecular weight is 406 g/mol. The van der Waals surface area contributed by atoms with E-state index in [-0.39, 0.29) is 0 Å². The van der Waals surface area contributed by atoms with E-state index in [0.717, 1.165) is 0 Å². The van der Waals surface area contributed by atoms with Gasteiger partial charge in [0.1, 0.15) is 11.6 Å². The van der Waals surface area contributed by atoms with Crippen molar-refractivity contribution in [1.82, 2.24) is 10.6 Å². The Morgan fingerprint density at radius 3 is 2.74 bits per heavy atom. The second kappa shape index (κ2) is 7.94. The van der Waals surface area contributed by atoms with Crippen LogP contribution in [0.15, 0.2) is 53.7 Å². The van der Waals surface area contributed by atoms with Gasteiger partial charge in [-0.05, 0) is 43.4 Å². The van der Waals surface area contributed by atoms with Gasteiger partial charge in [-0.25, -0.2) is 4.39 Å². The predicted octanol–water partition coefficient (Wildman–Crippen LogP) is 3.92. The lowest BCUT2D eigenvalue weighted by Crippen LogP contribution is -2.46. The molecule has 1 amide bonds. The van der Waals surface area contributed by atoms with Crippen LogP contribution in [-0.2, 0) is 4.79 Å². The van der Waals surface area contributed by atoms with Crippen LogP contribution in [-0.4, -0.2) is 18.1 Å². The van der Waals surface area contributed by atoms with Gasteiger partial charge >= 0.3 is 0 Å². The molecule has 2 aromatic carbocycles. The van der Waals surface area contributed by atoms with Crippen LogP contribution in [0.25, 0.3) is 0 Å². The molecule has 140 valence electrons. The van der Waals surface area contributed by atoms with Crippen molar-refractivity contribution in [3.8, 4) is 5.75 Å². The first-order valence-corrected chi connectivity index (χ1v) is 8.87. The molecule has 3 N–H and O–H groups in total. The monoisotopic (exact) mass is 405 g/mol. The molecule has 0 radical (unpaired) electrons. The lowest BCUT2D eigenvalue weighted by atomic mass is 9.94. The highest BCUT2D eigenvalue weighted by atomic mass is 35.5. The van der Waals surface area contributed by atoms with Gasteiger partial charge in [0.05, 0.1) is 24.4 Å². The molecule has 0 saturated carbocycles. The van der Waals surface area contributed by atoms with E-state index in [2.05, 4.69) is 16.0 Å². The summed E-state index contributed by atoms with van der Waals surface area (Å²) in [5.74, 6) is -0.400. The fourth-order valence-electron chi connectivity index (χ4n) is 2.90. The maximum Gasteiger partial charge on any atom is 0.255 e. The van der Waals surface area contributed by atoms with E-state index in [0.29, 0.717) is 38.4 Å². The quantitative estimate of drug-likeness (QED) is 0.673. The minimum Gasteiger partial charge on any atom is -0.495 e. The third kappa shape index (κ3) is 4.04. The third-order valence-electron chi connectivity index (χ3n) is 4.14. The van der Waals surface area contributed by atoms with Gasteiger partial charge in [0.2, 0.25) is 0 Å². The van der Waals surface area contributed by atoms with Crippen molar-refractivity contribution >= 4 is 40.5 Å². The highest BCUT2D eigenvalue weighted by Gasteiger charge is 2.31. The highest BCUT2D eigenvalue weighted by molar-refractivity contribution is 7.80. The van der Waals surface area contributed by atoms with Gasteiger partial charge in [-0.15, -0.1) is 0 Å². The van der Waals surface area contributed by atoms with E-state index in [9.17, 15) is 9.18 Å². The number of ether oxygens (including phenoxy) is 1. The Kier molecular flexibility index (Phi) is 5.62. The fourth-order valence-corrected chi connectivity index (χ4v) is 3.35. The van der Waals surface area contributed by atoms with Gasteiger partial charge < -0.3 is 20.7 Å². The number of thiocarbonyl (C=S) groups is 1. The van der Waals surface area contributed by atoms with Crippen LogP contribution in [0.5, 0.6) is 5.75 Å². The van der Waals surface area contributed by atoms with Crippen LogP contribution in [0, 0.1) is 5.82 Å². The summed E-state index contributed by atoms with van der Waals surface area (Å²) in [6.07, 6.45) is 0. The molecule has 0 aliphatic carbocycles. The topological polar surface area (TPSA) is 62.4 Å². The van der Waals surface area contributed by atoms with Crippen LogP contribution in [0.1, 0.15) is 18.5 Å². The van der Waals surface area contributed by atoms with Crippen LogP contribution in [0.3, 0.4) is 0 Å². The van der Waals surface area contributed by atoms with E-state index in [1.54, 1.807) is 43.3 Å². The van der Waals surface area contributed by atoms with Crippen molar-refractivity contribution in [3.05, 3.63) is 70.1 Å². The molecule has 0 spiro atoms. The van der Waals surface area contributed by atoms with Gasteiger partial charge in [-0.2, -0.15) is 0 Å². The number of carbonyl (C=O) groups excluding carboxylic acids is 1. The Bertz CT molecular complexity index is 948. The zero-order valence-corrected chi connectivity index (χ0v) is 16.2. The number of carbonyl (C=O) groups is 1. The number of allylic oxidation sites excluding steroid dienone is 1. The molecule has 2 aromatic rings. The summed E-state index contributed by atoms with van der Waals surface area (Å²) in [4.78, 5) is 13.0. The normalized spacial score (nSPS) is 16.4. The summed E-state index contributed by atoms with van der Waals surface area (Å²) in [7, 11) is 1.49. The molecule has 1 aliphatic rings. The lowest BCUT2D eigenvalue weighted by molar-refractivity contribution is -0.113. The fraction of sp³-hybridized carbons (Fsp3) is 0.158. The van der Waals surface area contributed by atoms with Crippen LogP contribution in [0.2, 0.25) is 5.02 Å². The molecule has 8 heteroatoms. The number of benzene rings is 2. The van der Waals surface area contributed by atoms with Crippen LogP contribution in [0.4, 0.5) is 10.1 Å². The molecule has 1 atom stereocenters. The van der Waals surface area contributed by atoms with E-state index >= 15 is 0 Å². The average Bonchev–Trinajstić information content (AvgIpc) is 2.61. The van der Waals surface area contributed by atoms with Crippen molar-refractivity contribution < 1.29 is 13.9 Å². The summed E-state index contributed by atoms with van der Waals surface area (Å²) in [6.45, 7) is 1.71. The van der Waals surface area contributed by atoms with Gasteiger partial charge in [0.25, 0.3) is 5.91 Å². The number of nitrogens with one attached hydrogen (secondary N) is 3. The Labute approximate surface area is 166 Å². The molecule has 0 aromatic heterocycles. The second-order valence-electron chi connectivity index (χ2n) is 5.89. The third-order valence-corrected chi connectivity index (χ3v) is 4.59. The molecule has 0 bridgehead atoms. The van der Waals surface area contributed by atoms with Crippen molar-refractivity contribution in [1.29, 1.82) is 0 Å². The number of methoxy groups -OCH3 is 1. The first-order chi connectivity index (χ1) is 12.9. The molecular weight excluding hydrogens is 389 g/mol. The Morgan fingerprint density at radius 2 is 2.04 bits per heavy atom. The Morgan fingerprint density at radius 1 is 1.30 bits per heavy atom. The summed E-state index contributed by atoms with van der Waals surface area (Å²) in [5.41, 5.74) is 1.58. The van der Waals surface area contributed by atoms with Gasteiger partial charge in [-0.3, -0.25) is 4.79 Å². The molecule has 5 nitrogen and oxygen atoms in total. The first-order valence-electron chi connectivity index (χ1n) is 8.08. The number of anilines is 1. The molecule has 1 heterocycles. The largest absolute Gasteiger partial charge is 0.495 e.